The zero-order valence-electron chi connectivity index (χ0n) is 15.6. The Morgan fingerprint density at radius 3 is 2.33 bits per heavy atom. The number of amides is 2. The molecule has 3 rings (SSSR count). The zero-order chi connectivity index (χ0) is 19.2. The maximum absolute atomic E-state index is 13.2. The first-order valence-electron chi connectivity index (χ1n) is 9.14. The number of hydrogen-bond donors (Lipinski definition) is 0. The molecule has 0 N–H and O–H groups in total. The van der Waals surface area contributed by atoms with Gasteiger partial charge in [0, 0.05) is 17.0 Å². The number of methoxy groups -OCH3 is 1. The highest BCUT2D eigenvalue weighted by Gasteiger charge is 2.40. The highest BCUT2D eigenvalue weighted by atomic mass is 32.2. The topological polar surface area (TPSA) is 46.6 Å². The second-order valence-electron chi connectivity index (χ2n) is 6.29. The summed E-state index contributed by atoms with van der Waals surface area (Å²) in [6, 6.07) is 17.0. The van der Waals surface area contributed by atoms with Crippen molar-refractivity contribution in [3.05, 3.63) is 65.1 Å². The van der Waals surface area contributed by atoms with Crippen LogP contribution in [0, 0.1) is 0 Å². The van der Waals surface area contributed by atoms with Crippen molar-refractivity contribution in [2.24, 2.45) is 0 Å². The number of benzene rings is 2. The molecular formula is C22H23NO3S. The van der Waals surface area contributed by atoms with E-state index in [9.17, 15) is 9.59 Å². The van der Waals surface area contributed by atoms with Gasteiger partial charge >= 0.3 is 0 Å². The number of rotatable bonds is 8. The molecule has 0 spiro atoms. The van der Waals surface area contributed by atoms with Crippen LogP contribution in [0.3, 0.4) is 0 Å². The standard InChI is InChI=1S/C22H23NO3S/c1-3-4-10-15-23-21(24)19(17-13-8-9-14-18(17)26-2)20(22(23)25)27-16-11-6-5-7-12-16/h5-9,11-14H,3-4,10,15H2,1-2H3. The summed E-state index contributed by atoms with van der Waals surface area (Å²) in [5.41, 5.74) is 1.09. The summed E-state index contributed by atoms with van der Waals surface area (Å²) < 4.78 is 5.45. The summed E-state index contributed by atoms with van der Waals surface area (Å²) in [7, 11) is 1.57. The van der Waals surface area contributed by atoms with Gasteiger partial charge in [0.2, 0.25) is 0 Å². The van der Waals surface area contributed by atoms with E-state index in [-0.39, 0.29) is 11.8 Å². The Morgan fingerprint density at radius 1 is 0.926 bits per heavy atom. The average molecular weight is 381 g/mol. The second kappa shape index (κ2) is 8.91. The van der Waals surface area contributed by atoms with E-state index in [0.717, 1.165) is 24.2 Å². The largest absolute Gasteiger partial charge is 0.496 e. The van der Waals surface area contributed by atoms with E-state index in [2.05, 4.69) is 6.92 Å². The molecule has 4 nitrogen and oxygen atoms in total. The molecule has 140 valence electrons. The fraction of sp³-hybridized carbons (Fsp3) is 0.273. The van der Waals surface area contributed by atoms with E-state index >= 15 is 0 Å². The number of para-hydroxylation sites is 1. The summed E-state index contributed by atoms with van der Waals surface area (Å²) in [5, 5.41) is 0. The van der Waals surface area contributed by atoms with E-state index in [1.807, 2.05) is 54.6 Å². The maximum Gasteiger partial charge on any atom is 0.268 e. The van der Waals surface area contributed by atoms with Gasteiger partial charge < -0.3 is 4.74 Å². The Labute approximate surface area is 164 Å². The molecule has 0 saturated carbocycles. The molecule has 27 heavy (non-hydrogen) atoms. The Hall–Kier alpha value is -2.53. The number of carbonyl (C=O) groups is 2. The lowest BCUT2D eigenvalue weighted by atomic mass is 10.1. The van der Waals surface area contributed by atoms with Crippen molar-refractivity contribution in [3.63, 3.8) is 0 Å². The van der Waals surface area contributed by atoms with Gasteiger partial charge in [-0.2, -0.15) is 0 Å². The number of carbonyl (C=O) groups excluding carboxylic acids is 2. The summed E-state index contributed by atoms with van der Waals surface area (Å²) in [5.74, 6) is 0.139. The smallest absolute Gasteiger partial charge is 0.268 e. The number of ether oxygens (including phenoxy) is 1. The Balaban J connectivity index is 2.03. The zero-order valence-corrected chi connectivity index (χ0v) is 16.4. The van der Waals surface area contributed by atoms with Crippen molar-refractivity contribution in [2.45, 2.75) is 31.1 Å². The highest BCUT2D eigenvalue weighted by molar-refractivity contribution is 8.04. The summed E-state index contributed by atoms with van der Waals surface area (Å²) >= 11 is 1.34. The predicted molar refractivity (Wildman–Crippen MR) is 108 cm³/mol. The minimum Gasteiger partial charge on any atom is -0.496 e. The fourth-order valence-electron chi connectivity index (χ4n) is 3.07. The lowest BCUT2D eigenvalue weighted by Crippen LogP contribution is -2.32. The molecule has 0 bridgehead atoms. The van der Waals surface area contributed by atoms with Crippen molar-refractivity contribution in [2.75, 3.05) is 13.7 Å². The maximum atomic E-state index is 13.2. The molecule has 0 aliphatic carbocycles. The molecule has 2 amide bonds. The second-order valence-corrected chi connectivity index (χ2v) is 7.37. The molecule has 2 aromatic carbocycles. The van der Waals surface area contributed by atoms with E-state index in [0.29, 0.717) is 28.3 Å². The minimum absolute atomic E-state index is 0.217. The quantitative estimate of drug-likeness (QED) is 0.489. The normalized spacial score (nSPS) is 14.2. The van der Waals surface area contributed by atoms with Crippen LogP contribution in [0.15, 0.2) is 64.4 Å². The van der Waals surface area contributed by atoms with Gasteiger partial charge in [-0.3, -0.25) is 14.5 Å². The third kappa shape index (κ3) is 4.08. The highest BCUT2D eigenvalue weighted by Crippen LogP contribution is 2.42. The van der Waals surface area contributed by atoms with Gasteiger partial charge in [-0.25, -0.2) is 0 Å². The van der Waals surface area contributed by atoms with Crippen LogP contribution in [0.5, 0.6) is 5.75 Å². The van der Waals surface area contributed by atoms with Gasteiger partial charge in [0.05, 0.1) is 17.6 Å². The molecule has 0 unspecified atom stereocenters. The molecule has 1 aliphatic heterocycles. The van der Waals surface area contributed by atoms with Crippen LogP contribution >= 0.6 is 11.8 Å². The van der Waals surface area contributed by atoms with E-state index in [1.54, 1.807) is 7.11 Å². The van der Waals surface area contributed by atoms with E-state index < -0.39 is 0 Å². The fourth-order valence-corrected chi connectivity index (χ4v) is 4.09. The Morgan fingerprint density at radius 2 is 1.63 bits per heavy atom. The first-order valence-corrected chi connectivity index (χ1v) is 9.95. The number of nitrogens with zero attached hydrogens (tertiary/aromatic N) is 1. The first-order chi connectivity index (χ1) is 13.2. The molecule has 0 aromatic heterocycles. The molecule has 0 radical (unpaired) electrons. The van der Waals surface area contributed by atoms with Crippen LogP contribution in [0.2, 0.25) is 0 Å². The SMILES string of the molecule is CCCCCN1C(=O)C(Sc2ccccc2)=C(c2ccccc2OC)C1=O. The molecule has 0 atom stereocenters. The van der Waals surface area contributed by atoms with Gasteiger partial charge in [0.15, 0.2) is 0 Å². The summed E-state index contributed by atoms with van der Waals surface area (Å²) in [4.78, 5) is 29.0. The van der Waals surface area contributed by atoms with Gasteiger partial charge in [-0.05, 0) is 24.6 Å². The van der Waals surface area contributed by atoms with Crippen LogP contribution in [0.4, 0.5) is 0 Å². The Bertz CT molecular complexity index is 861. The molecular weight excluding hydrogens is 358 g/mol. The molecule has 0 saturated heterocycles. The third-order valence-corrected chi connectivity index (χ3v) is 5.54. The van der Waals surface area contributed by atoms with Gasteiger partial charge in [-0.1, -0.05) is 67.9 Å². The lowest BCUT2D eigenvalue weighted by molar-refractivity contribution is -0.136. The molecule has 1 aliphatic rings. The third-order valence-electron chi connectivity index (χ3n) is 4.45. The average Bonchev–Trinajstić information content (AvgIpc) is 2.93. The van der Waals surface area contributed by atoms with Crippen molar-refractivity contribution < 1.29 is 14.3 Å². The lowest BCUT2D eigenvalue weighted by Gasteiger charge is -2.15. The van der Waals surface area contributed by atoms with Gasteiger partial charge in [-0.15, -0.1) is 0 Å². The minimum atomic E-state index is -0.237. The van der Waals surface area contributed by atoms with Crippen molar-refractivity contribution >= 4 is 29.1 Å². The van der Waals surface area contributed by atoms with Crippen molar-refractivity contribution in [1.29, 1.82) is 0 Å². The number of unbranched alkanes of at least 4 members (excludes halogenated alkanes) is 2. The van der Waals surface area contributed by atoms with Crippen molar-refractivity contribution in [3.8, 4) is 5.75 Å². The predicted octanol–water partition coefficient (Wildman–Crippen LogP) is 4.76. The van der Waals surface area contributed by atoms with E-state index in [4.69, 9.17) is 4.74 Å². The molecule has 1 heterocycles. The van der Waals surface area contributed by atoms with Crippen molar-refractivity contribution in [1.82, 2.24) is 4.90 Å². The summed E-state index contributed by atoms with van der Waals surface area (Å²) in [6.07, 6.45) is 2.84. The number of thioether (sulfide) groups is 1. The molecule has 5 heteroatoms. The van der Waals surface area contributed by atoms with E-state index in [1.165, 1.54) is 16.7 Å². The summed E-state index contributed by atoms with van der Waals surface area (Å²) in [6.45, 7) is 2.55. The monoisotopic (exact) mass is 381 g/mol. The number of imide groups is 1. The van der Waals surface area contributed by atoms with Crippen LogP contribution in [0.1, 0.15) is 31.7 Å². The molecule has 0 fully saturated rings. The van der Waals surface area contributed by atoms with Crippen LogP contribution in [0.25, 0.3) is 5.57 Å². The van der Waals surface area contributed by atoms with Crippen LogP contribution in [-0.4, -0.2) is 30.4 Å². The Kier molecular flexibility index (Phi) is 6.35. The van der Waals surface area contributed by atoms with Crippen LogP contribution < -0.4 is 4.74 Å². The number of hydrogen-bond acceptors (Lipinski definition) is 4. The van der Waals surface area contributed by atoms with Gasteiger partial charge in [0.1, 0.15) is 5.75 Å². The first kappa shape index (κ1) is 19.2. The molecule has 2 aromatic rings. The van der Waals surface area contributed by atoms with Crippen LogP contribution in [-0.2, 0) is 9.59 Å². The van der Waals surface area contributed by atoms with Gasteiger partial charge in [0.25, 0.3) is 11.8 Å².